The van der Waals surface area contributed by atoms with Gasteiger partial charge in [0.05, 0.1) is 17.5 Å². The maximum atomic E-state index is 12.4. The summed E-state index contributed by atoms with van der Waals surface area (Å²) in [7, 11) is 0. The number of rotatable bonds is 7. The lowest BCUT2D eigenvalue weighted by atomic mass is 10.1. The van der Waals surface area contributed by atoms with E-state index in [-0.39, 0.29) is 35.9 Å². The van der Waals surface area contributed by atoms with Crippen molar-refractivity contribution >= 4 is 29.4 Å². The Morgan fingerprint density at radius 3 is 2.24 bits per heavy atom. The number of carboxylic acids is 1. The van der Waals surface area contributed by atoms with Gasteiger partial charge < -0.3 is 15.2 Å². The van der Waals surface area contributed by atoms with E-state index in [1.54, 1.807) is 44.2 Å². The average Bonchev–Trinajstić information content (AvgIpc) is 2.91. The number of hydrogen-bond donors (Lipinski definition) is 2. The number of carbonyl (C=O) groups is 4. The fourth-order valence-electron chi connectivity index (χ4n) is 2.77. The van der Waals surface area contributed by atoms with Gasteiger partial charge in [-0.2, -0.15) is 0 Å². The van der Waals surface area contributed by atoms with Crippen molar-refractivity contribution in [1.29, 1.82) is 0 Å². The van der Waals surface area contributed by atoms with Crippen molar-refractivity contribution in [3.8, 4) is 11.5 Å². The lowest BCUT2D eigenvalue weighted by Crippen LogP contribution is -2.31. The third-order valence-electron chi connectivity index (χ3n) is 4.37. The molecule has 29 heavy (non-hydrogen) atoms. The van der Waals surface area contributed by atoms with Crippen molar-refractivity contribution < 1.29 is 29.0 Å². The molecule has 8 nitrogen and oxygen atoms in total. The zero-order valence-electron chi connectivity index (χ0n) is 16.0. The van der Waals surface area contributed by atoms with Gasteiger partial charge in [0, 0.05) is 18.2 Å². The molecule has 8 heteroatoms. The Balaban J connectivity index is 1.72. The highest BCUT2D eigenvalue weighted by atomic mass is 16.5. The summed E-state index contributed by atoms with van der Waals surface area (Å²) in [4.78, 5) is 48.1. The van der Waals surface area contributed by atoms with Gasteiger partial charge in [0.2, 0.25) is 5.91 Å². The molecule has 1 heterocycles. The van der Waals surface area contributed by atoms with E-state index in [1.807, 2.05) is 0 Å². The molecule has 0 spiro atoms. The number of nitrogens with zero attached hydrogens (tertiary/aromatic N) is 1. The molecular weight excluding hydrogens is 376 g/mol. The molecule has 3 rings (SSSR count). The van der Waals surface area contributed by atoms with Gasteiger partial charge in [-0.25, -0.2) is 0 Å². The van der Waals surface area contributed by atoms with E-state index >= 15 is 0 Å². The van der Waals surface area contributed by atoms with Gasteiger partial charge in [-0.05, 0) is 42.5 Å². The molecule has 0 aliphatic carbocycles. The van der Waals surface area contributed by atoms with Crippen molar-refractivity contribution in [2.24, 2.45) is 5.92 Å². The predicted octanol–water partition coefficient (Wildman–Crippen LogP) is 3.14. The second-order valence-electron chi connectivity index (χ2n) is 6.88. The van der Waals surface area contributed by atoms with Crippen LogP contribution in [-0.2, 0) is 9.59 Å². The molecule has 0 saturated heterocycles. The van der Waals surface area contributed by atoms with Gasteiger partial charge in [-0.3, -0.25) is 24.1 Å². The number of anilines is 1. The van der Waals surface area contributed by atoms with Crippen LogP contribution in [0, 0.1) is 5.92 Å². The Morgan fingerprint density at radius 1 is 1.00 bits per heavy atom. The normalized spacial score (nSPS) is 12.9. The standard InChI is InChI=1S/C21H20N2O6/c1-12(2)19(26)22-13-3-5-14(6-4-13)29-15-7-8-16-17(11-15)21(28)23(20(16)27)10-9-18(24)25/h3-8,11-12H,9-10H2,1-2H3,(H,22,26)(H,24,25). The van der Waals surface area contributed by atoms with Crippen LogP contribution in [0.5, 0.6) is 11.5 Å². The molecule has 150 valence electrons. The molecule has 1 aliphatic rings. The van der Waals surface area contributed by atoms with Gasteiger partial charge in [0.1, 0.15) is 11.5 Å². The molecule has 3 amide bonds. The largest absolute Gasteiger partial charge is 0.481 e. The molecule has 1 aliphatic heterocycles. The third-order valence-corrected chi connectivity index (χ3v) is 4.37. The van der Waals surface area contributed by atoms with Crippen molar-refractivity contribution in [3.63, 3.8) is 0 Å². The molecule has 0 atom stereocenters. The number of amides is 3. The summed E-state index contributed by atoms with van der Waals surface area (Å²) in [6, 6.07) is 11.3. The number of carboxylic acid groups (broad SMARTS) is 1. The number of imide groups is 1. The van der Waals surface area contributed by atoms with Crippen LogP contribution in [0.3, 0.4) is 0 Å². The van der Waals surface area contributed by atoms with Gasteiger partial charge in [-0.15, -0.1) is 0 Å². The Bertz CT molecular complexity index is 981. The molecule has 0 saturated carbocycles. The van der Waals surface area contributed by atoms with E-state index in [0.717, 1.165) is 4.90 Å². The Morgan fingerprint density at radius 2 is 1.62 bits per heavy atom. The van der Waals surface area contributed by atoms with E-state index in [9.17, 15) is 19.2 Å². The number of carbonyl (C=O) groups excluding carboxylic acids is 3. The first kappa shape index (κ1) is 20.1. The lowest BCUT2D eigenvalue weighted by molar-refractivity contribution is -0.137. The number of fused-ring (bicyclic) bond motifs is 1. The maximum Gasteiger partial charge on any atom is 0.305 e. The van der Waals surface area contributed by atoms with E-state index in [1.165, 1.54) is 12.1 Å². The van der Waals surface area contributed by atoms with Crippen LogP contribution >= 0.6 is 0 Å². The highest BCUT2D eigenvalue weighted by Gasteiger charge is 2.35. The van der Waals surface area contributed by atoms with E-state index < -0.39 is 17.8 Å². The SMILES string of the molecule is CC(C)C(=O)Nc1ccc(Oc2ccc3c(c2)C(=O)N(CCC(=O)O)C3=O)cc1. The molecule has 0 aromatic heterocycles. The van der Waals surface area contributed by atoms with E-state index in [0.29, 0.717) is 17.2 Å². The average molecular weight is 396 g/mol. The first-order valence-electron chi connectivity index (χ1n) is 9.07. The Kier molecular flexibility index (Phi) is 5.63. The second kappa shape index (κ2) is 8.14. The van der Waals surface area contributed by atoms with Crippen LogP contribution in [0.25, 0.3) is 0 Å². The number of hydrogen-bond acceptors (Lipinski definition) is 5. The summed E-state index contributed by atoms with van der Waals surface area (Å²) in [6.45, 7) is 3.42. The maximum absolute atomic E-state index is 12.4. The summed E-state index contributed by atoms with van der Waals surface area (Å²) >= 11 is 0. The van der Waals surface area contributed by atoms with Crippen LogP contribution in [0.4, 0.5) is 5.69 Å². The van der Waals surface area contributed by atoms with Crippen molar-refractivity contribution in [3.05, 3.63) is 53.6 Å². The van der Waals surface area contributed by atoms with Gasteiger partial charge in [0.25, 0.3) is 11.8 Å². The highest BCUT2D eigenvalue weighted by molar-refractivity contribution is 6.21. The van der Waals surface area contributed by atoms with Crippen molar-refractivity contribution in [2.45, 2.75) is 20.3 Å². The molecule has 0 fully saturated rings. The minimum atomic E-state index is -1.08. The molecular formula is C21H20N2O6. The fourth-order valence-corrected chi connectivity index (χ4v) is 2.77. The third kappa shape index (κ3) is 4.43. The summed E-state index contributed by atoms with van der Waals surface area (Å²) in [5.41, 5.74) is 1.04. The lowest BCUT2D eigenvalue weighted by Gasteiger charge is -2.11. The zero-order valence-corrected chi connectivity index (χ0v) is 16.0. The number of benzene rings is 2. The first-order valence-corrected chi connectivity index (χ1v) is 9.07. The van der Waals surface area contributed by atoms with Crippen LogP contribution in [0.1, 0.15) is 41.0 Å². The van der Waals surface area contributed by atoms with Gasteiger partial charge in [-0.1, -0.05) is 13.8 Å². The predicted molar refractivity (Wildman–Crippen MR) is 104 cm³/mol. The first-order chi connectivity index (χ1) is 13.8. The van der Waals surface area contributed by atoms with Crippen molar-refractivity contribution in [2.75, 3.05) is 11.9 Å². The van der Waals surface area contributed by atoms with Crippen molar-refractivity contribution in [1.82, 2.24) is 4.90 Å². The van der Waals surface area contributed by atoms with Gasteiger partial charge >= 0.3 is 5.97 Å². The topological polar surface area (TPSA) is 113 Å². The molecule has 0 unspecified atom stereocenters. The fraction of sp³-hybridized carbons (Fsp3) is 0.238. The summed E-state index contributed by atoms with van der Waals surface area (Å²) in [5.74, 6) is -1.50. The number of nitrogens with one attached hydrogen (secondary N) is 1. The summed E-state index contributed by atoms with van der Waals surface area (Å²) < 4.78 is 5.74. The van der Waals surface area contributed by atoms with E-state index in [2.05, 4.69) is 5.32 Å². The molecule has 2 aromatic rings. The number of ether oxygens (including phenoxy) is 1. The molecule has 2 N–H and O–H groups in total. The molecule has 2 aromatic carbocycles. The minimum absolute atomic E-state index is 0.0899. The second-order valence-corrected chi connectivity index (χ2v) is 6.88. The smallest absolute Gasteiger partial charge is 0.305 e. The van der Waals surface area contributed by atoms with Crippen LogP contribution < -0.4 is 10.1 Å². The molecule has 0 bridgehead atoms. The monoisotopic (exact) mass is 396 g/mol. The molecule has 0 radical (unpaired) electrons. The zero-order chi connectivity index (χ0) is 21.1. The highest BCUT2D eigenvalue weighted by Crippen LogP contribution is 2.30. The summed E-state index contributed by atoms with van der Waals surface area (Å²) in [5, 5.41) is 11.6. The summed E-state index contributed by atoms with van der Waals surface area (Å²) in [6.07, 6.45) is -0.311. The Labute approximate surface area is 167 Å². The van der Waals surface area contributed by atoms with Crippen LogP contribution in [0.15, 0.2) is 42.5 Å². The Hall–Kier alpha value is -3.68. The minimum Gasteiger partial charge on any atom is -0.481 e. The van der Waals surface area contributed by atoms with E-state index in [4.69, 9.17) is 9.84 Å². The quantitative estimate of drug-likeness (QED) is 0.695. The van der Waals surface area contributed by atoms with Gasteiger partial charge in [0.15, 0.2) is 0 Å². The van der Waals surface area contributed by atoms with Crippen LogP contribution in [-0.4, -0.2) is 40.2 Å². The number of aliphatic carboxylic acids is 1. The van der Waals surface area contributed by atoms with Crippen LogP contribution in [0.2, 0.25) is 0 Å².